The van der Waals surface area contributed by atoms with Crippen LogP contribution in [0.4, 0.5) is 5.69 Å². The molecule has 1 amide bonds. The minimum absolute atomic E-state index is 0.0128. The summed E-state index contributed by atoms with van der Waals surface area (Å²) in [6.45, 7) is 1.50. The molecule has 0 aromatic heterocycles. The van der Waals surface area contributed by atoms with E-state index in [-0.39, 0.29) is 11.7 Å². The van der Waals surface area contributed by atoms with Gasteiger partial charge >= 0.3 is 0 Å². The molecule has 0 radical (unpaired) electrons. The highest BCUT2D eigenvalue weighted by molar-refractivity contribution is 6.02. The summed E-state index contributed by atoms with van der Waals surface area (Å²) < 4.78 is 10.4. The van der Waals surface area contributed by atoms with E-state index in [1.165, 1.54) is 13.0 Å². The lowest BCUT2D eigenvalue weighted by molar-refractivity contribution is -0.111. The summed E-state index contributed by atoms with van der Waals surface area (Å²) in [5, 5.41) is 2.74. The third kappa shape index (κ3) is 4.46. The number of nitrogens with one attached hydrogen (secondary N) is 1. The predicted octanol–water partition coefficient (Wildman–Crippen LogP) is 3.56. The first-order valence-electron chi connectivity index (χ1n) is 7.35. The first-order chi connectivity index (χ1) is 11.5. The molecule has 5 heteroatoms. The Balaban J connectivity index is 2.03. The molecule has 0 fully saturated rings. The van der Waals surface area contributed by atoms with Gasteiger partial charge in [0.2, 0.25) is 5.91 Å². The lowest BCUT2D eigenvalue weighted by atomic mass is 10.1. The highest BCUT2D eigenvalue weighted by Crippen LogP contribution is 2.27. The highest BCUT2D eigenvalue weighted by atomic mass is 16.5. The summed E-state index contributed by atoms with van der Waals surface area (Å²) in [4.78, 5) is 23.2. The molecule has 24 heavy (non-hydrogen) atoms. The second-order valence-corrected chi connectivity index (χ2v) is 5.07. The Kier molecular flexibility index (Phi) is 5.73. The lowest BCUT2D eigenvalue weighted by Crippen LogP contribution is -2.07. The molecule has 0 aliphatic carbocycles. The third-order valence-corrected chi connectivity index (χ3v) is 3.39. The van der Waals surface area contributed by atoms with Gasteiger partial charge < -0.3 is 14.8 Å². The molecule has 0 aliphatic rings. The van der Waals surface area contributed by atoms with Gasteiger partial charge in [0.05, 0.1) is 14.2 Å². The molecule has 2 rings (SSSR count). The van der Waals surface area contributed by atoms with E-state index in [2.05, 4.69) is 5.32 Å². The van der Waals surface area contributed by atoms with Crippen molar-refractivity contribution in [2.24, 2.45) is 0 Å². The number of benzene rings is 2. The first kappa shape index (κ1) is 17.3. The second kappa shape index (κ2) is 7.97. The van der Waals surface area contributed by atoms with E-state index in [4.69, 9.17) is 9.47 Å². The molecule has 0 bridgehead atoms. The molecule has 5 nitrogen and oxygen atoms in total. The summed E-state index contributed by atoms with van der Waals surface area (Å²) in [5.74, 6) is 0.950. The van der Waals surface area contributed by atoms with E-state index in [9.17, 15) is 9.59 Å². The number of anilines is 1. The van der Waals surface area contributed by atoms with E-state index in [1.54, 1.807) is 56.7 Å². The molecular formula is C19H19NO4. The largest absolute Gasteiger partial charge is 0.493 e. The number of ether oxygens (including phenoxy) is 2. The van der Waals surface area contributed by atoms with Crippen molar-refractivity contribution < 1.29 is 19.1 Å². The molecular weight excluding hydrogens is 306 g/mol. The minimum atomic E-state index is -0.264. The van der Waals surface area contributed by atoms with Gasteiger partial charge in [-0.15, -0.1) is 0 Å². The van der Waals surface area contributed by atoms with Crippen LogP contribution in [0, 0.1) is 0 Å². The van der Waals surface area contributed by atoms with Gasteiger partial charge in [0.15, 0.2) is 17.3 Å². The van der Waals surface area contributed by atoms with Gasteiger partial charge in [-0.1, -0.05) is 6.07 Å². The molecule has 1 N–H and O–H groups in total. The molecule has 0 spiro atoms. The van der Waals surface area contributed by atoms with Crippen molar-refractivity contribution >= 4 is 23.5 Å². The van der Waals surface area contributed by atoms with Gasteiger partial charge in [-0.2, -0.15) is 0 Å². The number of carbonyl (C=O) groups excluding carboxylic acids is 2. The molecule has 0 aliphatic heterocycles. The quantitative estimate of drug-likeness (QED) is 0.651. The Bertz CT molecular complexity index is 763. The molecule has 0 heterocycles. The standard InChI is InChI=1S/C19H19NO4/c1-13(21)15-6-8-16(9-7-15)20-19(22)11-5-14-4-10-17(23-2)18(12-14)24-3/h4-12H,1-3H3,(H,20,22)/b11-5+. The summed E-state index contributed by atoms with van der Waals surface area (Å²) >= 11 is 0. The molecule has 0 unspecified atom stereocenters. The van der Waals surface area contributed by atoms with Crippen molar-refractivity contribution in [3.63, 3.8) is 0 Å². The van der Waals surface area contributed by atoms with Gasteiger partial charge in [0, 0.05) is 17.3 Å². The number of methoxy groups -OCH3 is 2. The first-order valence-corrected chi connectivity index (χ1v) is 7.35. The third-order valence-electron chi connectivity index (χ3n) is 3.39. The Labute approximate surface area is 140 Å². The summed E-state index contributed by atoms with van der Waals surface area (Å²) in [5.41, 5.74) is 2.05. The minimum Gasteiger partial charge on any atom is -0.493 e. The number of amides is 1. The van der Waals surface area contributed by atoms with Gasteiger partial charge in [0.25, 0.3) is 0 Å². The van der Waals surface area contributed by atoms with E-state index in [0.717, 1.165) is 5.56 Å². The van der Waals surface area contributed by atoms with Crippen LogP contribution in [0.15, 0.2) is 48.5 Å². The van der Waals surface area contributed by atoms with E-state index < -0.39 is 0 Å². The smallest absolute Gasteiger partial charge is 0.248 e. The maximum absolute atomic E-state index is 12.0. The van der Waals surface area contributed by atoms with Crippen LogP contribution in [0.2, 0.25) is 0 Å². The lowest BCUT2D eigenvalue weighted by Gasteiger charge is -2.07. The normalized spacial score (nSPS) is 10.5. The zero-order valence-electron chi connectivity index (χ0n) is 13.8. The van der Waals surface area contributed by atoms with Crippen molar-refractivity contribution in [1.82, 2.24) is 0 Å². The molecule has 0 saturated carbocycles. The van der Waals surface area contributed by atoms with Crippen molar-refractivity contribution in [3.8, 4) is 11.5 Å². The molecule has 0 saturated heterocycles. The Morgan fingerprint density at radius 2 is 1.62 bits per heavy atom. The number of hydrogen-bond acceptors (Lipinski definition) is 4. The second-order valence-electron chi connectivity index (χ2n) is 5.07. The number of hydrogen-bond donors (Lipinski definition) is 1. The van der Waals surface area contributed by atoms with Gasteiger partial charge in [-0.05, 0) is 55.0 Å². The number of Topliss-reactive ketones (excluding diaryl/α,β-unsaturated/α-hetero) is 1. The van der Waals surface area contributed by atoms with Gasteiger partial charge in [-0.3, -0.25) is 9.59 Å². The predicted molar refractivity (Wildman–Crippen MR) is 93.7 cm³/mol. The van der Waals surface area contributed by atoms with Crippen molar-refractivity contribution in [2.45, 2.75) is 6.92 Å². The van der Waals surface area contributed by atoms with Crippen molar-refractivity contribution in [3.05, 3.63) is 59.7 Å². The number of carbonyl (C=O) groups is 2. The fourth-order valence-electron chi connectivity index (χ4n) is 2.10. The van der Waals surface area contributed by atoms with Crippen molar-refractivity contribution in [1.29, 1.82) is 0 Å². The SMILES string of the molecule is COc1ccc(/C=C/C(=O)Nc2ccc(C(C)=O)cc2)cc1OC. The average Bonchev–Trinajstić information content (AvgIpc) is 2.60. The monoisotopic (exact) mass is 325 g/mol. The van der Waals surface area contributed by atoms with E-state index in [1.807, 2.05) is 6.07 Å². The zero-order chi connectivity index (χ0) is 17.5. The summed E-state index contributed by atoms with van der Waals surface area (Å²) in [6.07, 6.45) is 3.11. The summed E-state index contributed by atoms with van der Waals surface area (Å²) in [7, 11) is 3.13. The van der Waals surface area contributed by atoms with Crippen LogP contribution in [0.1, 0.15) is 22.8 Å². The molecule has 0 atom stereocenters. The fourth-order valence-corrected chi connectivity index (χ4v) is 2.10. The van der Waals surface area contributed by atoms with Crippen LogP contribution >= 0.6 is 0 Å². The molecule has 2 aromatic carbocycles. The van der Waals surface area contributed by atoms with Crippen molar-refractivity contribution in [2.75, 3.05) is 19.5 Å². The molecule has 2 aromatic rings. The zero-order valence-corrected chi connectivity index (χ0v) is 13.8. The van der Waals surface area contributed by atoms with Crippen LogP contribution < -0.4 is 14.8 Å². The van der Waals surface area contributed by atoms with Crippen LogP contribution in [-0.4, -0.2) is 25.9 Å². The maximum Gasteiger partial charge on any atom is 0.248 e. The Hall–Kier alpha value is -3.08. The number of rotatable bonds is 6. The van der Waals surface area contributed by atoms with Gasteiger partial charge in [0.1, 0.15) is 0 Å². The fraction of sp³-hybridized carbons (Fsp3) is 0.158. The average molecular weight is 325 g/mol. The van der Waals surface area contributed by atoms with E-state index in [0.29, 0.717) is 22.7 Å². The van der Waals surface area contributed by atoms with Crippen LogP contribution in [-0.2, 0) is 4.79 Å². The summed E-state index contributed by atoms with van der Waals surface area (Å²) in [6, 6.07) is 12.1. The van der Waals surface area contributed by atoms with Crippen LogP contribution in [0.25, 0.3) is 6.08 Å². The highest BCUT2D eigenvalue weighted by Gasteiger charge is 2.04. The molecule has 124 valence electrons. The Morgan fingerprint density at radius 1 is 0.958 bits per heavy atom. The maximum atomic E-state index is 12.0. The number of ketones is 1. The van der Waals surface area contributed by atoms with Crippen LogP contribution in [0.5, 0.6) is 11.5 Å². The van der Waals surface area contributed by atoms with Gasteiger partial charge in [-0.25, -0.2) is 0 Å². The topological polar surface area (TPSA) is 64.6 Å². The Morgan fingerprint density at radius 3 is 2.21 bits per heavy atom. The van der Waals surface area contributed by atoms with Crippen LogP contribution in [0.3, 0.4) is 0 Å². The van der Waals surface area contributed by atoms with E-state index >= 15 is 0 Å².